The molecule has 1 saturated heterocycles. The zero-order valence-corrected chi connectivity index (χ0v) is 24.6. The van der Waals surface area contributed by atoms with Gasteiger partial charge in [0.15, 0.2) is 5.82 Å². The molecule has 0 radical (unpaired) electrons. The third kappa shape index (κ3) is 6.74. The number of methoxy groups -OCH3 is 1. The Hall–Kier alpha value is -3.00. The molecule has 0 bridgehead atoms. The van der Waals surface area contributed by atoms with Crippen LogP contribution < -0.4 is 15.4 Å². The van der Waals surface area contributed by atoms with Gasteiger partial charge in [-0.15, -0.1) is 0 Å². The fraction of sp³-hybridized carbons (Fsp3) is 0.429. The second-order valence-corrected chi connectivity index (χ2v) is 12.7. The first-order valence-corrected chi connectivity index (χ1v) is 15.4. The molecule has 220 valence electrons. The SMILES string of the molecule is COc1cc2c(cc1Nc1ncc(Cl)c(Nc3ccccc3S(=O)(=O)N3CC[C@@H](O)C3)n1)CCN(CC(C)O)CC2. The predicted octanol–water partition coefficient (Wildman–Crippen LogP) is 3.16. The number of β-amino-alcohol motifs (C(OH)–C–C–N with tert-alkyl or cyclic N) is 2. The zero-order valence-electron chi connectivity index (χ0n) is 23.0. The monoisotopic (exact) mass is 602 g/mol. The molecule has 0 spiro atoms. The highest BCUT2D eigenvalue weighted by molar-refractivity contribution is 7.89. The van der Waals surface area contributed by atoms with E-state index in [9.17, 15) is 18.6 Å². The van der Waals surface area contributed by atoms with Crippen LogP contribution >= 0.6 is 11.6 Å². The van der Waals surface area contributed by atoms with Crippen molar-refractivity contribution in [1.82, 2.24) is 19.2 Å². The molecule has 0 aliphatic carbocycles. The number of ether oxygens (including phenoxy) is 1. The first kappa shape index (κ1) is 29.5. The number of halogens is 1. The maximum absolute atomic E-state index is 13.3. The lowest BCUT2D eigenvalue weighted by Crippen LogP contribution is -2.33. The number of aromatic nitrogens is 2. The van der Waals surface area contributed by atoms with Crippen LogP contribution in [0.4, 0.5) is 23.1 Å². The van der Waals surface area contributed by atoms with Crippen LogP contribution in [-0.4, -0.2) is 89.8 Å². The highest BCUT2D eigenvalue weighted by Gasteiger charge is 2.33. The van der Waals surface area contributed by atoms with Crippen molar-refractivity contribution in [2.45, 2.75) is 43.3 Å². The molecule has 2 aromatic carbocycles. The van der Waals surface area contributed by atoms with E-state index in [1.54, 1.807) is 32.2 Å². The van der Waals surface area contributed by atoms with Gasteiger partial charge in [0, 0.05) is 32.7 Å². The minimum Gasteiger partial charge on any atom is -0.495 e. The topological polar surface area (TPSA) is 140 Å². The van der Waals surface area contributed by atoms with Crippen molar-refractivity contribution in [1.29, 1.82) is 0 Å². The summed E-state index contributed by atoms with van der Waals surface area (Å²) in [5.74, 6) is 1.13. The molecule has 4 N–H and O–H groups in total. The van der Waals surface area contributed by atoms with Crippen molar-refractivity contribution in [3.05, 3.63) is 58.7 Å². The van der Waals surface area contributed by atoms with Gasteiger partial charge in [0.1, 0.15) is 15.7 Å². The van der Waals surface area contributed by atoms with Gasteiger partial charge >= 0.3 is 0 Å². The molecule has 3 heterocycles. The molecule has 2 atom stereocenters. The Kier molecular flexibility index (Phi) is 8.97. The van der Waals surface area contributed by atoms with E-state index in [1.165, 1.54) is 27.7 Å². The Morgan fingerprint density at radius 3 is 2.54 bits per heavy atom. The number of anilines is 4. The van der Waals surface area contributed by atoms with E-state index in [-0.39, 0.29) is 40.9 Å². The minimum atomic E-state index is -3.85. The van der Waals surface area contributed by atoms with Crippen LogP contribution in [0.2, 0.25) is 5.02 Å². The van der Waals surface area contributed by atoms with E-state index in [1.807, 2.05) is 12.1 Å². The average Bonchev–Trinajstić information content (AvgIpc) is 3.30. The largest absolute Gasteiger partial charge is 0.495 e. The molecule has 3 aromatic rings. The molecule has 11 nitrogen and oxygen atoms in total. The number of aliphatic hydroxyl groups is 2. The number of sulfonamides is 1. The summed E-state index contributed by atoms with van der Waals surface area (Å²) in [6, 6.07) is 10.6. The van der Waals surface area contributed by atoms with Gasteiger partial charge in [0.05, 0.1) is 36.9 Å². The smallest absolute Gasteiger partial charge is 0.245 e. The molecule has 1 aromatic heterocycles. The minimum absolute atomic E-state index is 0.0558. The number of aliphatic hydroxyl groups excluding tert-OH is 2. The molecular weight excluding hydrogens is 568 g/mol. The number of nitrogens with one attached hydrogen (secondary N) is 2. The Morgan fingerprint density at radius 1 is 1.12 bits per heavy atom. The van der Waals surface area contributed by atoms with Crippen molar-refractivity contribution < 1.29 is 23.4 Å². The molecule has 1 fully saturated rings. The lowest BCUT2D eigenvalue weighted by molar-refractivity contribution is 0.129. The van der Waals surface area contributed by atoms with Crippen LogP contribution in [0.15, 0.2) is 47.5 Å². The summed E-state index contributed by atoms with van der Waals surface area (Å²) in [4.78, 5) is 11.2. The van der Waals surface area contributed by atoms with E-state index >= 15 is 0 Å². The summed E-state index contributed by atoms with van der Waals surface area (Å²) < 4.78 is 33.6. The van der Waals surface area contributed by atoms with Crippen LogP contribution in [0, 0.1) is 0 Å². The number of benzene rings is 2. The van der Waals surface area contributed by atoms with Gasteiger partial charge in [-0.3, -0.25) is 0 Å². The van der Waals surface area contributed by atoms with Gasteiger partial charge in [-0.2, -0.15) is 9.29 Å². The lowest BCUT2D eigenvalue weighted by atomic mass is 10.0. The van der Waals surface area contributed by atoms with Gasteiger partial charge < -0.3 is 30.5 Å². The van der Waals surface area contributed by atoms with E-state index < -0.39 is 16.1 Å². The fourth-order valence-corrected chi connectivity index (χ4v) is 7.03. The normalized spacial score (nSPS) is 18.9. The average molecular weight is 603 g/mol. The predicted molar refractivity (Wildman–Crippen MR) is 158 cm³/mol. The number of hydrogen-bond acceptors (Lipinski definition) is 10. The summed E-state index contributed by atoms with van der Waals surface area (Å²) in [5, 5.41) is 26.2. The van der Waals surface area contributed by atoms with Crippen molar-refractivity contribution >= 4 is 44.8 Å². The van der Waals surface area contributed by atoms with Crippen molar-refractivity contribution in [3.8, 4) is 5.75 Å². The third-order valence-electron chi connectivity index (χ3n) is 7.31. The second-order valence-electron chi connectivity index (χ2n) is 10.4. The van der Waals surface area contributed by atoms with Gasteiger partial charge in [0.25, 0.3) is 0 Å². The van der Waals surface area contributed by atoms with Crippen molar-refractivity contribution in [2.24, 2.45) is 0 Å². The lowest BCUT2D eigenvalue weighted by Gasteiger charge is -2.20. The summed E-state index contributed by atoms with van der Waals surface area (Å²) in [6.07, 6.45) is 2.46. The van der Waals surface area contributed by atoms with Gasteiger partial charge in [-0.25, -0.2) is 13.4 Å². The van der Waals surface area contributed by atoms with E-state index in [0.717, 1.165) is 25.9 Å². The first-order chi connectivity index (χ1) is 19.6. The van der Waals surface area contributed by atoms with Crippen LogP contribution in [-0.2, 0) is 22.9 Å². The maximum Gasteiger partial charge on any atom is 0.245 e. The standard InChI is InChI=1S/C28H35ClN6O5S/c1-18(36)16-34-10-7-19-13-24(25(40-2)14-20(19)8-11-34)32-28-30-15-22(29)27(33-28)31-23-5-3-4-6-26(23)41(38,39)35-12-9-21(37)17-35/h3-6,13-15,18,21,36-37H,7-12,16-17H2,1-2H3,(H2,30,31,32,33)/t18?,21-/m1/s1. The Bertz CT molecular complexity index is 1510. The van der Waals surface area contributed by atoms with E-state index in [2.05, 4.69) is 25.5 Å². The number of para-hydroxylation sites is 1. The third-order valence-corrected chi connectivity index (χ3v) is 9.51. The Morgan fingerprint density at radius 2 is 1.85 bits per heavy atom. The molecule has 0 saturated carbocycles. The molecule has 13 heteroatoms. The van der Waals surface area contributed by atoms with Crippen LogP contribution in [0.3, 0.4) is 0 Å². The molecule has 0 amide bonds. The zero-order chi connectivity index (χ0) is 29.1. The molecule has 2 aliphatic heterocycles. The summed E-state index contributed by atoms with van der Waals surface area (Å²) in [7, 11) is -2.24. The van der Waals surface area contributed by atoms with E-state index in [4.69, 9.17) is 16.3 Å². The first-order valence-electron chi connectivity index (χ1n) is 13.6. The molecule has 5 rings (SSSR count). The van der Waals surface area contributed by atoms with E-state index in [0.29, 0.717) is 30.1 Å². The van der Waals surface area contributed by atoms with Gasteiger partial charge in [-0.05, 0) is 61.6 Å². The maximum atomic E-state index is 13.3. The van der Waals surface area contributed by atoms with Crippen molar-refractivity contribution in [2.75, 3.05) is 50.5 Å². The summed E-state index contributed by atoms with van der Waals surface area (Å²) in [5.41, 5.74) is 3.38. The number of fused-ring (bicyclic) bond motifs is 1. The Balaban J connectivity index is 1.39. The summed E-state index contributed by atoms with van der Waals surface area (Å²) >= 11 is 6.43. The van der Waals surface area contributed by atoms with Crippen LogP contribution in [0.5, 0.6) is 5.75 Å². The number of nitrogens with zero attached hydrogens (tertiary/aromatic N) is 4. The van der Waals surface area contributed by atoms with Gasteiger partial charge in [0.2, 0.25) is 16.0 Å². The van der Waals surface area contributed by atoms with Crippen LogP contribution in [0.25, 0.3) is 0 Å². The second kappa shape index (κ2) is 12.5. The highest BCUT2D eigenvalue weighted by Crippen LogP contribution is 2.34. The number of hydrogen-bond donors (Lipinski definition) is 4. The van der Waals surface area contributed by atoms with Gasteiger partial charge in [-0.1, -0.05) is 23.7 Å². The molecule has 41 heavy (non-hydrogen) atoms. The molecular formula is C28H35ClN6O5S. The van der Waals surface area contributed by atoms with Crippen molar-refractivity contribution in [3.63, 3.8) is 0 Å². The quantitative estimate of drug-likeness (QED) is 0.289. The number of rotatable bonds is 9. The molecule has 1 unspecified atom stereocenters. The Labute approximate surface area is 245 Å². The fourth-order valence-electron chi connectivity index (χ4n) is 5.25. The van der Waals surface area contributed by atoms with Crippen LogP contribution in [0.1, 0.15) is 24.5 Å². The highest BCUT2D eigenvalue weighted by atomic mass is 35.5. The summed E-state index contributed by atoms with van der Waals surface area (Å²) in [6.45, 7) is 4.44. The molecule has 2 aliphatic rings.